The molecular weight excluding hydrogens is 479 g/mol. The van der Waals surface area contributed by atoms with Crippen LogP contribution in [0.25, 0.3) is 6.08 Å². The molecule has 2 aromatic rings. The molecule has 1 saturated heterocycles. The number of halogens is 1. The van der Waals surface area contributed by atoms with Gasteiger partial charge in [0, 0.05) is 19.8 Å². The van der Waals surface area contributed by atoms with Crippen LogP contribution in [0.4, 0.5) is 11.4 Å². The third kappa shape index (κ3) is 3.89. The molecule has 26 heavy (non-hydrogen) atoms. The molecule has 0 radical (unpaired) electrons. The molecule has 1 fully saturated rings. The van der Waals surface area contributed by atoms with Crippen molar-refractivity contribution in [2.24, 2.45) is 0 Å². The van der Waals surface area contributed by atoms with Crippen LogP contribution in [0.5, 0.6) is 5.75 Å². The number of hydrogen-bond donors (Lipinski definition) is 0. The van der Waals surface area contributed by atoms with E-state index in [1.54, 1.807) is 12.0 Å². The second-order valence-electron chi connectivity index (χ2n) is 5.82. The fraction of sp³-hybridized carbons (Fsp3) is 0.158. The number of rotatable bonds is 4. The number of amides is 1. The molecule has 1 aliphatic heterocycles. The molecule has 0 aliphatic carbocycles. The molecule has 0 spiro atoms. The summed E-state index contributed by atoms with van der Waals surface area (Å²) in [6.45, 7) is 0. The molecule has 0 bridgehead atoms. The second-order valence-corrected chi connectivity index (χ2v) is 8.66. The predicted molar refractivity (Wildman–Crippen MR) is 122 cm³/mol. The predicted octanol–water partition coefficient (Wildman–Crippen LogP) is 4.77. The van der Waals surface area contributed by atoms with Gasteiger partial charge in [-0.05, 0) is 70.6 Å². The molecule has 134 valence electrons. The highest BCUT2D eigenvalue weighted by Crippen LogP contribution is 2.37. The third-order valence-electron chi connectivity index (χ3n) is 3.89. The van der Waals surface area contributed by atoms with E-state index in [-0.39, 0.29) is 5.91 Å². The van der Waals surface area contributed by atoms with Gasteiger partial charge in [0.05, 0.1) is 21.3 Å². The van der Waals surface area contributed by atoms with Crippen molar-refractivity contribution in [2.45, 2.75) is 0 Å². The molecule has 2 aromatic carbocycles. The van der Waals surface area contributed by atoms with E-state index in [1.165, 1.54) is 11.8 Å². The van der Waals surface area contributed by atoms with E-state index in [4.69, 9.17) is 17.0 Å². The fourth-order valence-corrected chi connectivity index (χ4v) is 4.57. The Morgan fingerprint density at radius 2 is 1.88 bits per heavy atom. The maximum absolute atomic E-state index is 12.9. The number of ether oxygens (including phenoxy) is 1. The van der Waals surface area contributed by atoms with Crippen molar-refractivity contribution in [1.29, 1.82) is 0 Å². The van der Waals surface area contributed by atoms with E-state index in [2.05, 4.69) is 22.6 Å². The lowest BCUT2D eigenvalue weighted by Crippen LogP contribution is -2.27. The largest absolute Gasteiger partial charge is 0.496 e. The van der Waals surface area contributed by atoms with Crippen molar-refractivity contribution in [3.05, 3.63) is 56.5 Å². The van der Waals surface area contributed by atoms with Crippen LogP contribution in [0.2, 0.25) is 0 Å². The van der Waals surface area contributed by atoms with Crippen molar-refractivity contribution >= 4 is 74.2 Å². The first-order chi connectivity index (χ1) is 12.4. The summed E-state index contributed by atoms with van der Waals surface area (Å²) in [5.41, 5.74) is 2.80. The lowest BCUT2D eigenvalue weighted by molar-refractivity contribution is -0.113. The van der Waals surface area contributed by atoms with Gasteiger partial charge < -0.3 is 9.64 Å². The van der Waals surface area contributed by atoms with Gasteiger partial charge in [0.25, 0.3) is 5.91 Å². The van der Waals surface area contributed by atoms with Crippen molar-refractivity contribution in [3.63, 3.8) is 0 Å². The van der Waals surface area contributed by atoms with Crippen LogP contribution in [0.1, 0.15) is 5.56 Å². The highest BCUT2D eigenvalue weighted by molar-refractivity contribution is 14.1. The molecule has 1 heterocycles. The standard InChI is InChI=1S/C19H17IN2O2S2/c1-21(2)13-5-7-14(8-6-13)22-18(23)17(26-19(22)25)11-12-4-9-16(24-3)15(20)10-12/h4-11H,1-3H3/b17-11-. The minimum absolute atomic E-state index is 0.0940. The van der Waals surface area contributed by atoms with Gasteiger partial charge in [-0.2, -0.15) is 0 Å². The summed E-state index contributed by atoms with van der Waals surface area (Å²) in [5.74, 6) is 0.722. The van der Waals surface area contributed by atoms with E-state index in [0.29, 0.717) is 9.23 Å². The third-order valence-corrected chi connectivity index (χ3v) is 6.04. The molecule has 0 saturated carbocycles. The lowest BCUT2D eigenvalue weighted by atomic mass is 10.2. The molecule has 0 aromatic heterocycles. The second kappa shape index (κ2) is 7.98. The van der Waals surface area contributed by atoms with Gasteiger partial charge in [0.2, 0.25) is 0 Å². The zero-order valence-electron chi connectivity index (χ0n) is 14.5. The maximum Gasteiger partial charge on any atom is 0.270 e. The molecule has 1 aliphatic rings. The zero-order valence-corrected chi connectivity index (χ0v) is 18.3. The lowest BCUT2D eigenvalue weighted by Gasteiger charge is -2.17. The highest BCUT2D eigenvalue weighted by atomic mass is 127. The summed E-state index contributed by atoms with van der Waals surface area (Å²) >= 11 is 8.98. The summed E-state index contributed by atoms with van der Waals surface area (Å²) in [6, 6.07) is 13.6. The number of carbonyl (C=O) groups is 1. The average molecular weight is 496 g/mol. The Kier molecular flexibility index (Phi) is 5.89. The zero-order chi connectivity index (χ0) is 18.8. The van der Waals surface area contributed by atoms with E-state index in [9.17, 15) is 4.79 Å². The van der Waals surface area contributed by atoms with Gasteiger partial charge in [0.1, 0.15) is 5.75 Å². The number of thiocarbonyl (C=S) groups is 1. The Bertz CT molecular complexity index is 895. The molecule has 7 heteroatoms. The Morgan fingerprint density at radius 1 is 1.19 bits per heavy atom. The van der Waals surface area contributed by atoms with Crippen LogP contribution in [0, 0.1) is 3.57 Å². The Labute approximate surface area is 176 Å². The summed E-state index contributed by atoms with van der Waals surface area (Å²) in [7, 11) is 5.60. The van der Waals surface area contributed by atoms with Crippen molar-refractivity contribution in [3.8, 4) is 5.75 Å². The number of nitrogens with zero attached hydrogens (tertiary/aromatic N) is 2. The number of carbonyl (C=O) groups excluding carboxylic acids is 1. The topological polar surface area (TPSA) is 32.8 Å². The summed E-state index contributed by atoms with van der Waals surface area (Å²) in [4.78, 5) is 17.1. The Morgan fingerprint density at radius 3 is 2.46 bits per heavy atom. The van der Waals surface area contributed by atoms with Crippen molar-refractivity contribution < 1.29 is 9.53 Å². The normalized spacial score (nSPS) is 15.7. The molecule has 0 unspecified atom stereocenters. The van der Waals surface area contributed by atoms with Gasteiger partial charge in [-0.15, -0.1) is 0 Å². The Balaban J connectivity index is 1.87. The van der Waals surface area contributed by atoms with Gasteiger partial charge >= 0.3 is 0 Å². The number of thioether (sulfide) groups is 1. The van der Waals surface area contributed by atoms with Crippen LogP contribution in [0.3, 0.4) is 0 Å². The number of benzene rings is 2. The van der Waals surface area contributed by atoms with Gasteiger partial charge in [-0.1, -0.05) is 30.0 Å². The number of hydrogen-bond acceptors (Lipinski definition) is 5. The Hall–Kier alpha value is -1.58. The molecule has 3 rings (SSSR count). The first kappa shape index (κ1) is 19.2. The smallest absolute Gasteiger partial charge is 0.270 e. The number of anilines is 2. The van der Waals surface area contributed by atoms with Gasteiger partial charge in [-0.3, -0.25) is 9.69 Å². The van der Waals surface area contributed by atoms with E-state index >= 15 is 0 Å². The minimum atomic E-state index is -0.0940. The van der Waals surface area contributed by atoms with Crippen LogP contribution >= 0.6 is 46.6 Å². The van der Waals surface area contributed by atoms with Crippen molar-refractivity contribution in [2.75, 3.05) is 31.0 Å². The van der Waals surface area contributed by atoms with Crippen molar-refractivity contribution in [1.82, 2.24) is 0 Å². The SMILES string of the molecule is COc1ccc(/C=C2\SC(=S)N(c3ccc(N(C)C)cc3)C2=O)cc1I. The maximum atomic E-state index is 12.9. The van der Waals surface area contributed by atoms with E-state index in [1.807, 2.05) is 67.5 Å². The van der Waals surface area contributed by atoms with Crippen LogP contribution in [0.15, 0.2) is 47.4 Å². The van der Waals surface area contributed by atoms with Crippen LogP contribution < -0.4 is 14.5 Å². The van der Waals surface area contributed by atoms with Gasteiger partial charge in [0.15, 0.2) is 4.32 Å². The van der Waals surface area contributed by atoms with Crippen LogP contribution in [-0.2, 0) is 4.79 Å². The molecular formula is C19H17IN2O2S2. The van der Waals surface area contributed by atoms with E-state index in [0.717, 1.165) is 26.3 Å². The monoisotopic (exact) mass is 496 g/mol. The quantitative estimate of drug-likeness (QED) is 0.346. The molecule has 0 atom stereocenters. The first-order valence-electron chi connectivity index (χ1n) is 7.79. The number of methoxy groups -OCH3 is 1. The summed E-state index contributed by atoms with van der Waals surface area (Å²) in [5, 5.41) is 0. The molecule has 1 amide bonds. The summed E-state index contributed by atoms with van der Waals surface area (Å²) < 4.78 is 6.81. The minimum Gasteiger partial charge on any atom is -0.496 e. The van der Waals surface area contributed by atoms with Gasteiger partial charge in [-0.25, -0.2) is 0 Å². The average Bonchev–Trinajstić information content (AvgIpc) is 2.89. The van der Waals surface area contributed by atoms with E-state index < -0.39 is 0 Å². The fourth-order valence-electron chi connectivity index (χ4n) is 2.51. The molecule has 4 nitrogen and oxygen atoms in total. The molecule has 0 N–H and O–H groups in total. The highest BCUT2D eigenvalue weighted by Gasteiger charge is 2.33. The van der Waals surface area contributed by atoms with Crippen LogP contribution in [-0.4, -0.2) is 31.4 Å². The first-order valence-corrected chi connectivity index (χ1v) is 10.1. The summed E-state index contributed by atoms with van der Waals surface area (Å²) in [6.07, 6.45) is 1.87.